The highest BCUT2D eigenvalue weighted by Gasteiger charge is 2.50. The quantitative estimate of drug-likeness (QED) is 0.352. The van der Waals surface area contributed by atoms with E-state index in [9.17, 15) is 0 Å². The predicted molar refractivity (Wildman–Crippen MR) is 124 cm³/mol. The number of fused-ring (bicyclic) bond motifs is 1. The lowest BCUT2D eigenvalue weighted by Gasteiger charge is -2.40. The first kappa shape index (κ1) is 23.9. The van der Waals surface area contributed by atoms with Gasteiger partial charge >= 0.3 is 0 Å². The van der Waals surface area contributed by atoms with Crippen molar-refractivity contribution >= 4 is 8.32 Å². The van der Waals surface area contributed by atoms with E-state index >= 15 is 0 Å². The van der Waals surface area contributed by atoms with Crippen LogP contribution in [0.2, 0.25) is 18.1 Å². The number of hydrogen-bond donors (Lipinski definition) is 0. The average molecular weight is 435 g/mol. The molecule has 5 heteroatoms. The van der Waals surface area contributed by atoms with Gasteiger partial charge in [-0.25, -0.2) is 0 Å². The summed E-state index contributed by atoms with van der Waals surface area (Å²) < 4.78 is 24.3. The SMILES string of the molecule is COCO[C@@H]1CC[C@@H]2[C@H](C1)C[C@H](O[Si](C)(C)C(C)(C)C)[C@H]2COCc1ccccc1. The first-order valence-corrected chi connectivity index (χ1v) is 14.5. The minimum absolute atomic E-state index is 0.223. The van der Waals surface area contributed by atoms with Crippen molar-refractivity contribution in [3.05, 3.63) is 35.9 Å². The third-order valence-electron chi connectivity index (χ3n) is 7.65. The topological polar surface area (TPSA) is 36.9 Å². The Morgan fingerprint density at radius 3 is 2.43 bits per heavy atom. The van der Waals surface area contributed by atoms with Crippen molar-refractivity contribution in [1.29, 1.82) is 0 Å². The van der Waals surface area contributed by atoms with Crippen molar-refractivity contribution in [3.8, 4) is 0 Å². The fourth-order valence-electron chi connectivity index (χ4n) is 4.95. The molecule has 4 nitrogen and oxygen atoms in total. The van der Waals surface area contributed by atoms with Crippen LogP contribution in [-0.2, 0) is 25.2 Å². The zero-order chi connectivity index (χ0) is 21.8. The van der Waals surface area contributed by atoms with Crippen molar-refractivity contribution < 1.29 is 18.6 Å². The van der Waals surface area contributed by atoms with Crippen LogP contribution in [0.3, 0.4) is 0 Å². The Hall–Kier alpha value is -0.723. The van der Waals surface area contributed by atoms with Gasteiger partial charge in [0, 0.05) is 13.0 Å². The molecule has 5 atom stereocenters. The predicted octanol–water partition coefficient (Wildman–Crippen LogP) is 6.02. The number of ether oxygens (including phenoxy) is 3. The Morgan fingerprint density at radius 2 is 1.77 bits per heavy atom. The third-order valence-corrected chi connectivity index (χ3v) is 12.2. The van der Waals surface area contributed by atoms with E-state index in [4.69, 9.17) is 18.6 Å². The van der Waals surface area contributed by atoms with E-state index in [0.29, 0.717) is 43.4 Å². The molecule has 0 aliphatic heterocycles. The largest absolute Gasteiger partial charge is 0.414 e. The van der Waals surface area contributed by atoms with Crippen molar-refractivity contribution in [3.63, 3.8) is 0 Å². The second kappa shape index (κ2) is 10.3. The molecule has 0 aromatic heterocycles. The molecular formula is C25H42O4Si. The highest BCUT2D eigenvalue weighted by atomic mass is 28.4. The lowest BCUT2D eigenvalue weighted by Crippen LogP contribution is -2.45. The van der Waals surface area contributed by atoms with Gasteiger partial charge < -0.3 is 18.6 Å². The van der Waals surface area contributed by atoms with Gasteiger partial charge in [0.15, 0.2) is 8.32 Å². The zero-order valence-electron chi connectivity index (χ0n) is 19.9. The summed E-state index contributed by atoms with van der Waals surface area (Å²) in [6, 6.07) is 10.5. The molecule has 2 fully saturated rings. The van der Waals surface area contributed by atoms with E-state index < -0.39 is 8.32 Å². The van der Waals surface area contributed by atoms with Gasteiger partial charge in [-0.1, -0.05) is 51.1 Å². The van der Waals surface area contributed by atoms with Gasteiger partial charge in [-0.05, 0) is 61.2 Å². The van der Waals surface area contributed by atoms with Gasteiger partial charge in [-0.3, -0.25) is 0 Å². The molecule has 0 saturated heterocycles. The Labute approximate surface area is 184 Å². The Bertz CT molecular complexity index is 642. The summed E-state index contributed by atoms with van der Waals surface area (Å²) in [5.74, 6) is 1.83. The number of benzene rings is 1. The van der Waals surface area contributed by atoms with E-state index in [2.05, 4.69) is 64.2 Å². The monoisotopic (exact) mass is 434 g/mol. The van der Waals surface area contributed by atoms with Crippen LogP contribution in [0.15, 0.2) is 30.3 Å². The van der Waals surface area contributed by atoms with Crippen LogP contribution in [0.25, 0.3) is 0 Å². The van der Waals surface area contributed by atoms with Crippen molar-refractivity contribution in [2.75, 3.05) is 20.5 Å². The normalized spacial score (nSPS) is 29.7. The van der Waals surface area contributed by atoms with Crippen LogP contribution in [0, 0.1) is 17.8 Å². The van der Waals surface area contributed by atoms with Gasteiger partial charge in [0.1, 0.15) is 6.79 Å². The summed E-state index contributed by atoms with van der Waals surface area (Å²) in [7, 11) is -0.125. The molecule has 2 saturated carbocycles. The molecule has 1 aromatic rings. The number of rotatable bonds is 9. The molecule has 2 aliphatic rings. The number of hydrogen-bond acceptors (Lipinski definition) is 4. The fourth-order valence-corrected chi connectivity index (χ4v) is 6.33. The van der Waals surface area contributed by atoms with E-state index in [1.165, 1.54) is 12.0 Å². The molecular weight excluding hydrogens is 392 g/mol. The van der Waals surface area contributed by atoms with Crippen LogP contribution in [0.5, 0.6) is 0 Å². The summed E-state index contributed by atoms with van der Waals surface area (Å²) >= 11 is 0. The average Bonchev–Trinajstić information content (AvgIpc) is 3.02. The summed E-state index contributed by atoms with van der Waals surface area (Å²) in [5, 5.41) is 0.223. The second-order valence-corrected chi connectivity index (χ2v) is 15.5. The van der Waals surface area contributed by atoms with Gasteiger partial charge in [-0.15, -0.1) is 0 Å². The third kappa shape index (κ3) is 5.95. The summed E-state index contributed by atoms with van der Waals surface area (Å²) in [6.07, 6.45) is 5.22. The van der Waals surface area contributed by atoms with Crippen LogP contribution in [0.4, 0.5) is 0 Å². The maximum absolute atomic E-state index is 6.98. The van der Waals surface area contributed by atoms with Crippen LogP contribution in [-0.4, -0.2) is 41.0 Å². The summed E-state index contributed by atoms with van der Waals surface area (Å²) in [4.78, 5) is 0. The summed E-state index contributed by atoms with van der Waals surface area (Å²) in [5.41, 5.74) is 1.24. The van der Waals surface area contributed by atoms with E-state index in [1.54, 1.807) is 7.11 Å². The lowest BCUT2D eigenvalue weighted by molar-refractivity contribution is -0.0951. The van der Waals surface area contributed by atoms with Crippen molar-refractivity contribution in [1.82, 2.24) is 0 Å². The molecule has 3 rings (SSSR count). The molecule has 1 aromatic carbocycles. The molecule has 0 amide bonds. The van der Waals surface area contributed by atoms with Crippen LogP contribution >= 0.6 is 0 Å². The molecule has 0 heterocycles. The maximum atomic E-state index is 6.98. The number of methoxy groups -OCH3 is 1. The van der Waals surface area contributed by atoms with Gasteiger partial charge in [0.25, 0.3) is 0 Å². The first-order chi connectivity index (χ1) is 14.2. The Balaban J connectivity index is 1.66. The molecule has 0 bridgehead atoms. The van der Waals surface area contributed by atoms with Crippen molar-refractivity contribution in [2.45, 2.75) is 83.4 Å². The van der Waals surface area contributed by atoms with Gasteiger partial charge in [0.2, 0.25) is 0 Å². The van der Waals surface area contributed by atoms with E-state index in [0.717, 1.165) is 25.9 Å². The Kier molecular flexibility index (Phi) is 8.19. The smallest absolute Gasteiger partial charge is 0.192 e. The standard InChI is InChI=1S/C25H42O4Si/c1-25(2,3)30(5,6)29-24-15-20-14-21(28-18-26-4)12-13-22(20)23(24)17-27-16-19-10-8-7-9-11-19/h7-11,20-24H,12-18H2,1-6H3/t20-,21-,22-,23+,24+/m1/s1. The Morgan fingerprint density at radius 1 is 1.03 bits per heavy atom. The molecule has 30 heavy (non-hydrogen) atoms. The molecule has 170 valence electrons. The van der Waals surface area contributed by atoms with Crippen LogP contribution < -0.4 is 0 Å². The van der Waals surface area contributed by atoms with E-state index in [-0.39, 0.29) is 5.04 Å². The molecule has 2 aliphatic carbocycles. The van der Waals surface area contributed by atoms with Gasteiger partial charge in [0.05, 0.1) is 25.4 Å². The molecule has 0 N–H and O–H groups in total. The minimum atomic E-state index is -1.82. The van der Waals surface area contributed by atoms with Crippen LogP contribution in [0.1, 0.15) is 52.0 Å². The lowest BCUT2D eigenvalue weighted by atomic mass is 9.77. The molecule has 0 radical (unpaired) electrons. The highest BCUT2D eigenvalue weighted by molar-refractivity contribution is 6.74. The summed E-state index contributed by atoms with van der Waals surface area (Å²) in [6.45, 7) is 13.6. The minimum Gasteiger partial charge on any atom is -0.414 e. The van der Waals surface area contributed by atoms with E-state index in [1.807, 2.05) is 0 Å². The first-order valence-electron chi connectivity index (χ1n) is 11.6. The zero-order valence-corrected chi connectivity index (χ0v) is 20.9. The highest BCUT2D eigenvalue weighted by Crippen LogP contribution is 2.50. The molecule has 0 spiro atoms. The maximum Gasteiger partial charge on any atom is 0.192 e. The van der Waals surface area contributed by atoms with Crippen molar-refractivity contribution in [2.24, 2.45) is 17.8 Å². The molecule has 0 unspecified atom stereocenters. The van der Waals surface area contributed by atoms with Gasteiger partial charge in [-0.2, -0.15) is 0 Å². The second-order valence-electron chi connectivity index (χ2n) is 10.7. The fraction of sp³-hybridized carbons (Fsp3) is 0.760.